The van der Waals surface area contributed by atoms with Crippen molar-refractivity contribution in [2.75, 3.05) is 47.2 Å². The molecule has 1 saturated heterocycles. The standard InChI is InChI=1S/C18H29N3O3S/c1-19-18(21-12-14-6-5-9-25-14)20-8-7-15-16(23-3)10-13(22-2)11-17(15)24-4/h10-11,14H,5-9,12H2,1-4H3,(H2,19,20,21). The third kappa shape index (κ3) is 5.63. The fourth-order valence-electron chi connectivity index (χ4n) is 2.87. The van der Waals surface area contributed by atoms with Crippen LogP contribution in [-0.2, 0) is 6.42 Å². The number of thioether (sulfide) groups is 1. The Balaban J connectivity index is 1.90. The molecule has 0 amide bonds. The van der Waals surface area contributed by atoms with Crippen molar-refractivity contribution in [1.29, 1.82) is 0 Å². The topological polar surface area (TPSA) is 64.1 Å². The smallest absolute Gasteiger partial charge is 0.191 e. The van der Waals surface area contributed by atoms with E-state index in [0.717, 1.165) is 48.3 Å². The van der Waals surface area contributed by atoms with Gasteiger partial charge >= 0.3 is 0 Å². The van der Waals surface area contributed by atoms with E-state index < -0.39 is 0 Å². The molecule has 0 spiro atoms. The van der Waals surface area contributed by atoms with E-state index in [-0.39, 0.29) is 0 Å². The van der Waals surface area contributed by atoms with Crippen LogP contribution < -0.4 is 24.8 Å². The normalized spacial score (nSPS) is 17.3. The van der Waals surface area contributed by atoms with E-state index in [1.165, 1.54) is 18.6 Å². The highest BCUT2D eigenvalue weighted by molar-refractivity contribution is 8.00. The Bertz CT molecular complexity index is 550. The summed E-state index contributed by atoms with van der Waals surface area (Å²) in [6, 6.07) is 3.75. The highest BCUT2D eigenvalue weighted by atomic mass is 32.2. The third-order valence-corrected chi connectivity index (χ3v) is 5.63. The monoisotopic (exact) mass is 367 g/mol. The molecule has 1 aromatic rings. The summed E-state index contributed by atoms with van der Waals surface area (Å²) in [6.07, 6.45) is 3.37. The van der Waals surface area contributed by atoms with E-state index in [0.29, 0.717) is 5.25 Å². The van der Waals surface area contributed by atoms with Crippen molar-refractivity contribution in [1.82, 2.24) is 10.6 Å². The van der Waals surface area contributed by atoms with Crippen molar-refractivity contribution >= 4 is 17.7 Å². The minimum absolute atomic E-state index is 0.695. The van der Waals surface area contributed by atoms with Crippen molar-refractivity contribution in [3.05, 3.63) is 17.7 Å². The number of aliphatic imine (C=N–C) groups is 1. The van der Waals surface area contributed by atoms with E-state index in [1.807, 2.05) is 23.9 Å². The zero-order valence-corrected chi connectivity index (χ0v) is 16.4. The number of hydrogen-bond acceptors (Lipinski definition) is 5. The summed E-state index contributed by atoms with van der Waals surface area (Å²) in [6.45, 7) is 1.69. The van der Waals surface area contributed by atoms with Gasteiger partial charge < -0.3 is 24.8 Å². The molecule has 1 aromatic carbocycles. The fraction of sp³-hybridized carbons (Fsp3) is 0.611. The number of hydrogen-bond donors (Lipinski definition) is 2. The Morgan fingerprint density at radius 2 is 1.88 bits per heavy atom. The van der Waals surface area contributed by atoms with Crippen molar-refractivity contribution < 1.29 is 14.2 Å². The molecule has 1 aliphatic heterocycles. The average molecular weight is 368 g/mol. The number of guanidine groups is 1. The van der Waals surface area contributed by atoms with Crippen LogP contribution in [0, 0.1) is 0 Å². The summed E-state index contributed by atoms with van der Waals surface area (Å²) < 4.78 is 16.3. The lowest BCUT2D eigenvalue weighted by molar-refractivity contribution is 0.368. The minimum atomic E-state index is 0.695. The number of methoxy groups -OCH3 is 3. The van der Waals surface area contributed by atoms with E-state index in [9.17, 15) is 0 Å². The lowest BCUT2D eigenvalue weighted by Crippen LogP contribution is -2.40. The second-order valence-corrected chi connectivity index (χ2v) is 7.18. The van der Waals surface area contributed by atoms with E-state index in [4.69, 9.17) is 14.2 Å². The SMILES string of the molecule is CN=C(NCCc1c(OC)cc(OC)cc1OC)NCC1CCCS1. The molecule has 1 fully saturated rings. The Kier molecular flexibility index (Phi) is 8.04. The average Bonchev–Trinajstić information content (AvgIpc) is 3.17. The molecule has 140 valence electrons. The Labute approximate surface area is 154 Å². The number of rotatable bonds is 8. The highest BCUT2D eigenvalue weighted by Gasteiger charge is 2.16. The van der Waals surface area contributed by atoms with E-state index >= 15 is 0 Å². The maximum absolute atomic E-state index is 5.49. The van der Waals surface area contributed by atoms with Crippen LogP contribution in [0.1, 0.15) is 18.4 Å². The summed E-state index contributed by atoms with van der Waals surface area (Å²) in [5.74, 6) is 4.36. The maximum Gasteiger partial charge on any atom is 0.191 e. The lowest BCUT2D eigenvalue weighted by Gasteiger charge is -2.17. The van der Waals surface area contributed by atoms with Gasteiger partial charge in [-0.1, -0.05) is 0 Å². The molecule has 1 heterocycles. The van der Waals surface area contributed by atoms with Crippen LogP contribution in [0.5, 0.6) is 17.2 Å². The quantitative estimate of drug-likeness (QED) is 0.543. The van der Waals surface area contributed by atoms with Gasteiger partial charge in [-0.15, -0.1) is 0 Å². The molecule has 0 bridgehead atoms. The van der Waals surface area contributed by atoms with Gasteiger partial charge in [0, 0.05) is 43.1 Å². The van der Waals surface area contributed by atoms with E-state index in [1.54, 1.807) is 28.4 Å². The first-order valence-corrected chi connectivity index (χ1v) is 9.61. The first-order chi connectivity index (χ1) is 12.2. The van der Waals surface area contributed by atoms with Crippen LogP contribution in [0.25, 0.3) is 0 Å². The molecule has 7 heteroatoms. The zero-order valence-electron chi connectivity index (χ0n) is 15.6. The highest BCUT2D eigenvalue weighted by Crippen LogP contribution is 2.34. The van der Waals surface area contributed by atoms with E-state index in [2.05, 4.69) is 15.6 Å². The second kappa shape index (κ2) is 10.3. The van der Waals surface area contributed by atoms with Crippen LogP contribution in [-0.4, -0.2) is 58.4 Å². The van der Waals surface area contributed by atoms with Crippen LogP contribution in [0.3, 0.4) is 0 Å². The molecule has 0 aliphatic carbocycles. The van der Waals surface area contributed by atoms with Crippen molar-refractivity contribution in [2.24, 2.45) is 4.99 Å². The molecular weight excluding hydrogens is 338 g/mol. The number of nitrogens with one attached hydrogen (secondary N) is 2. The maximum atomic E-state index is 5.49. The second-order valence-electron chi connectivity index (χ2n) is 5.78. The van der Waals surface area contributed by atoms with Gasteiger partial charge in [-0.05, 0) is 25.0 Å². The Morgan fingerprint density at radius 1 is 1.16 bits per heavy atom. The molecule has 0 radical (unpaired) electrons. The van der Waals surface area contributed by atoms with Gasteiger partial charge in [-0.3, -0.25) is 4.99 Å². The first kappa shape index (κ1) is 19.6. The van der Waals surface area contributed by atoms with Crippen LogP contribution in [0.4, 0.5) is 0 Å². The van der Waals surface area contributed by atoms with Gasteiger partial charge in [0.1, 0.15) is 17.2 Å². The van der Waals surface area contributed by atoms with Crippen LogP contribution in [0.15, 0.2) is 17.1 Å². The third-order valence-electron chi connectivity index (χ3n) is 4.23. The van der Waals surface area contributed by atoms with Crippen LogP contribution in [0.2, 0.25) is 0 Å². The summed E-state index contributed by atoms with van der Waals surface area (Å²) in [7, 11) is 6.75. The predicted octanol–water partition coefficient (Wildman–Crippen LogP) is 2.32. The van der Waals surface area contributed by atoms with Gasteiger partial charge in [0.25, 0.3) is 0 Å². The van der Waals surface area contributed by atoms with Crippen LogP contribution >= 0.6 is 11.8 Å². The summed E-state index contributed by atoms with van der Waals surface area (Å²) in [5, 5.41) is 7.46. The number of benzene rings is 1. The molecule has 1 aliphatic rings. The summed E-state index contributed by atoms with van der Waals surface area (Å²) in [5.41, 5.74) is 1.01. The van der Waals surface area contributed by atoms with Crippen molar-refractivity contribution in [2.45, 2.75) is 24.5 Å². The number of ether oxygens (including phenoxy) is 3. The lowest BCUT2D eigenvalue weighted by atomic mass is 10.1. The molecule has 2 N–H and O–H groups in total. The van der Waals surface area contributed by atoms with Gasteiger partial charge in [0.05, 0.1) is 21.3 Å². The van der Waals surface area contributed by atoms with Gasteiger partial charge in [-0.25, -0.2) is 0 Å². The van der Waals surface area contributed by atoms with Gasteiger partial charge in [-0.2, -0.15) is 11.8 Å². The molecule has 1 unspecified atom stereocenters. The molecule has 6 nitrogen and oxygen atoms in total. The predicted molar refractivity (Wildman–Crippen MR) is 105 cm³/mol. The number of nitrogens with zero attached hydrogens (tertiary/aromatic N) is 1. The molecule has 1 atom stereocenters. The minimum Gasteiger partial charge on any atom is -0.496 e. The zero-order chi connectivity index (χ0) is 18.1. The summed E-state index contributed by atoms with van der Waals surface area (Å²) in [4.78, 5) is 4.30. The molecule has 0 saturated carbocycles. The summed E-state index contributed by atoms with van der Waals surface area (Å²) >= 11 is 2.04. The Hall–Kier alpha value is -1.76. The fourth-order valence-corrected chi connectivity index (χ4v) is 4.07. The molecule has 0 aromatic heterocycles. The molecule has 2 rings (SSSR count). The van der Waals surface area contributed by atoms with Gasteiger partial charge in [0.2, 0.25) is 0 Å². The largest absolute Gasteiger partial charge is 0.496 e. The van der Waals surface area contributed by atoms with Crippen molar-refractivity contribution in [3.8, 4) is 17.2 Å². The first-order valence-electron chi connectivity index (χ1n) is 8.56. The van der Waals surface area contributed by atoms with Gasteiger partial charge in [0.15, 0.2) is 5.96 Å². The molecular formula is C18H29N3O3S. The molecule has 25 heavy (non-hydrogen) atoms. The Morgan fingerprint density at radius 3 is 2.40 bits per heavy atom. The van der Waals surface area contributed by atoms with Crippen molar-refractivity contribution in [3.63, 3.8) is 0 Å².